The molecule has 0 amide bonds. The van der Waals surface area contributed by atoms with Crippen molar-refractivity contribution < 1.29 is 14.2 Å². The molecule has 0 fully saturated rings. The number of hydrogen-bond acceptors (Lipinski definition) is 5. The van der Waals surface area contributed by atoms with Crippen LogP contribution in [0.1, 0.15) is 11.1 Å². The van der Waals surface area contributed by atoms with Crippen molar-refractivity contribution in [3.8, 4) is 29.1 Å². The highest BCUT2D eigenvalue weighted by Gasteiger charge is 2.12. The van der Waals surface area contributed by atoms with Crippen LogP contribution in [0.15, 0.2) is 30.3 Å². The molecule has 0 spiro atoms. The van der Waals surface area contributed by atoms with Crippen LogP contribution in [0, 0.1) is 18.3 Å². The highest BCUT2D eigenvalue weighted by molar-refractivity contribution is 5.63. The molecule has 0 heterocycles. The van der Waals surface area contributed by atoms with Crippen LogP contribution in [0.5, 0.6) is 23.0 Å². The van der Waals surface area contributed by atoms with E-state index in [1.165, 1.54) is 0 Å². The van der Waals surface area contributed by atoms with Gasteiger partial charge in [-0.1, -0.05) is 6.07 Å². The smallest absolute Gasteiger partial charge is 0.164 e. The first-order chi connectivity index (χ1) is 10.1. The summed E-state index contributed by atoms with van der Waals surface area (Å²) in [6.07, 6.45) is 0. The number of benzene rings is 2. The zero-order valence-electron chi connectivity index (χ0n) is 12.1. The van der Waals surface area contributed by atoms with E-state index in [0.29, 0.717) is 34.2 Å². The van der Waals surface area contributed by atoms with E-state index in [1.807, 2.05) is 13.0 Å². The molecule has 0 saturated heterocycles. The van der Waals surface area contributed by atoms with Crippen molar-refractivity contribution in [1.82, 2.24) is 0 Å². The molecule has 108 valence electrons. The van der Waals surface area contributed by atoms with E-state index in [2.05, 4.69) is 6.07 Å². The summed E-state index contributed by atoms with van der Waals surface area (Å²) >= 11 is 0. The molecule has 0 aliphatic rings. The van der Waals surface area contributed by atoms with Gasteiger partial charge in [0.15, 0.2) is 17.2 Å². The van der Waals surface area contributed by atoms with Gasteiger partial charge in [-0.3, -0.25) is 0 Å². The molecule has 0 aromatic heterocycles. The molecule has 0 atom stereocenters. The van der Waals surface area contributed by atoms with Crippen molar-refractivity contribution >= 4 is 5.69 Å². The maximum Gasteiger partial charge on any atom is 0.164 e. The maximum atomic E-state index is 8.96. The summed E-state index contributed by atoms with van der Waals surface area (Å²) < 4.78 is 16.2. The number of nitriles is 1. The van der Waals surface area contributed by atoms with Gasteiger partial charge in [0.25, 0.3) is 0 Å². The van der Waals surface area contributed by atoms with Gasteiger partial charge in [-0.25, -0.2) is 0 Å². The van der Waals surface area contributed by atoms with Crippen molar-refractivity contribution in [1.29, 1.82) is 5.26 Å². The Morgan fingerprint density at radius 2 is 1.62 bits per heavy atom. The van der Waals surface area contributed by atoms with Crippen LogP contribution < -0.4 is 19.9 Å². The topological polar surface area (TPSA) is 77.5 Å². The van der Waals surface area contributed by atoms with Crippen LogP contribution in [0.4, 0.5) is 5.69 Å². The Morgan fingerprint density at radius 1 is 0.952 bits per heavy atom. The first-order valence-electron chi connectivity index (χ1n) is 6.29. The molecule has 0 radical (unpaired) electrons. The molecule has 0 bridgehead atoms. The van der Waals surface area contributed by atoms with Gasteiger partial charge in [-0.15, -0.1) is 0 Å². The molecule has 5 nitrogen and oxygen atoms in total. The Hall–Kier alpha value is -2.87. The first kappa shape index (κ1) is 14.5. The quantitative estimate of drug-likeness (QED) is 0.872. The minimum Gasteiger partial charge on any atom is -0.493 e. The lowest BCUT2D eigenvalue weighted by Gasteiger charge is -2.14. The molecule has 2 aromatic carbocycles. The molecule has 2 aromatic rings. The van der Waals surface area contributed by atoms with Gasteiger partial charge in [-0.05, 0) is 24.6 Å². The summed E-state index contributed by atoms with van der Waals surface area (Å²) in [7, 11) is 3.08. The fourth-order valence-corrected chi connectivity index (χ4v) is 1.86. The second kappa shape index (κ2) is 6.06. The number of ether oxygens (including phenoxy) is 3. The number of rotatable bonds is 4. The Labute approximate surface area is 123 Å². The minimum atomic E-state index is 0.425. The first-order valence-corrected chi connectivity index (χ1v) is 6.29. The molecule has 21 heavy (non-hydrogen) atoms. The van der Waals surface area contributed by atoms with Crippen molar-refractivity contribution in [3.05, 3.63) is 41.5 Å². The Balaban J connectivity index is 2.42. The minimum absolute atomic E-state index is 0.425. The summed E-state index contributed by atoms with van der Waals surface area (Å²) in [6, 6.07) is 10.6. The molecule has 0 aliphatic heterocycles. The van der Waals surface area contributed by atoms with Crippen LogP contribution >= 0.6 is 0 Å². The van der Waals surface area contributed by atoms with E-state index < -0.39 is 0 Å². The van der Waals surface area contributed by atoms with Crippen LogP contribution in [0.2, 0.25) is 0 Å². The number of nitrogen functional groups attached to an aromatic ring is 1. The number of hydrogen-bond donors (Lipinski definition) is 1. The molecular weight excluding hydrogens is 268 g/mol. The van der Waals surface area contributed by atoms with Crippen molar-refractivity contribution in [2.45, 2.75) is 6.92 Å². The van der Waals surface area contributed by atoms with Crippen molar-refractivity contribution in [2.75, 3.05) is 20.0 Å². The zero-order chi connectivity index (χ0) is 15.4. The second-order valence-electron chi connectivity index (χ2n) is 4.44. The summed E-state index contributed by atoms with van der Waals surface area (Å²) in [5.74, 6) is 2.08. The monoisotopic (exact) mass is 284 g/mol. The lowest BCUT2D eigenvalue weighted by molar-refractivity contribution is 0.352. The lowest BCUT2D eigenvalue weighted by atomic mass is 10.1. The molecule has 0 aliphatic carbocycles. The number of nitrogens with zero attached hydrogens (tertiary/aromatic N) is 1. The summed E-state index contributed by atoms with van der Waals surface area (Å²) in [5, 5.41) is 8.96. The van der Waals surface area contributed by atoms with Gasteiger partial charge >= 0.3 is 0 Å². The summed E-state index contributed by atoms with van der Waals surface area (Å²) in [5.41, 5.74) is 7.82. The third-order valence-electron chi connectivity index (χ3n) is 3.05. The molecule has 5 heteroatoms. The molecular formula is C16H16N2O3. The number of aryl methyl sites for hydroxylation is 1. The van der Waals surface area contributed by atoms with E-state index in [1.54, 1.807) is 38.5 Å². The maximum absolute atomic E-state index is 8.96. The standard InChI is InChI=1S/C16H16N2O3/c1-10-4-5-11(9-17)6-13(10)21-14-8-16(20-3)15(19-2)7-12(14)18/h4-8H,18H2,1-3H3. The Morgan fingerprint density at radius 3 is 2.24 bits per heavy atom. The number of anilines is 1. The predicted molar refractivity (Wildman–Crippen MR) is 79.9 cm³/mol. The van der Waals surface area contributed by atoms with Crippen LogP contribution in [0.3, 0.4) is 0 Å². The van der Waals surface area contributed by atoms with Gasteiger partial charge in [0, 0.05) is 12.1 Å². The fraction of sp³-hybridized carbons (Fsp3) is 0.188. The van der Waals surface area contributed by atoms with Gasteiger partial charge in [0.1, 0.15) is 5.75 Å². The third kappa shape index (κ3) is 3.00. The van der Waals surface area contributed by atoms with Crippen molar-refractivity contribution in [2.24, 2.45) is 0 Å². The van der Waals surface area contributed by atoms with Crippen molar-refractivity contribution in [3.63, 3.8) is 0 Å². The van der Waals surface area contributed by atoms with E-state index in [-0.39, 0.29) is 0 Å². The average Bonchev–Trinajstić information content (AvgIpc) is 2.50. The van der Waals surface area contributed by atoms with Gasteiger partial charge in [-0.2, -0.15) is 5.26 Å². The van der Waals surface area contributed by atoms with Gasteiger partial charge in [0.2, 0.25) is 0 Å². The van der Waals surface area contributed by atoms with Gasteiger partial charge < -0.3 is 19.9 Å². The zero-order valence-corrected chi connectivity index (χ0v) is 12.1. The molecule has 0 unspecified atom stereocenters. The van der Waals surface area contributed by atoms with Crippen LogP contribution in [-0.4, -0.2) is 14.2 Å². The fourth-order valence-electron chi connectivity index (χ4n) is 1.86. The van der Waals surface area contributed by atoms with E-state index in [9.17, 15) is 0 Å². The molecule has 2 rings (SSSR count). The Kier molecular flexibility index (Phi) is 4.19. The highest BCUT2D eigenvalue weighted by Crippen LogP contribution is 2.39. The molecule has 2 N–H and O–H groups in total. The van der Waals surface area contributed by atoms with E-state index in [0.717, 1.165) is 5.56 Å². The Bertz CT molecular complexity index is 705. The SMILES string of the molecule is COc1cc(N)c(Oc2cc(C#N)ccc2C)cc1OC. The normalized spacial score (nSPS) is 9.81. The van der Waals surface area contributed by atoms with Crippen LogP contribution in [-0.2, 0) is 0 Å². The average molecular weight is 284 g/mol. The van der Waals surface area contributed by atoms with Gasteiger partial charge in [0.05, 0.1) is 31.5 Å². The van der Waals surface area contributed by atoms with E-state index in [4.69, 9.17) is 25.2 Å². The second-order valence-corrected chi connectivity index (χ2v) is 4.44. The highest BCUT2D eigenvalue weighted by atomic mass is 16.5. The summed E-state index contributed by atoms with van der Waals surface area (Å²) in [6.45, 7) is 1.90. The van der Waals surface area contributed by atoms with E-state index >= 15 is 0 Å². The summed E-state index contributed by atoms with van der Waals surface area (Å²) in [4.78, 5) is 0. The van der Waals surface area contributed by atoms with Crippen LogP contribution in [0.25, 0.3) is 0 Å². The predicted octanol–water partition coefficient (Wildman–Crippen LogP) is 3.26. The largest absolute Gasteiger partial charge is 0.493 e. The third-order valence-corrected chi connectivity index (χ3v) is 3.05. The number of methoxy groups -OCH3 is 2. The molecule has 0 saturated carbocycles. The number of nitrogens with two attached hydrogens (primary N) is 1. The lowest BCUT2D eigenvalue weighted by Crippen LogP contribution is -1.97.